The van der Waals surface area contributed by atoms with E-state index in [9.17, 15) is 14.7 Å². The first-order valence-electron chi connectivity index (χ1n) is 8.12. The van der Waals surface area contributed by atoms with Crippen LogP contribution in [0.5, 0.6) is 0 Å². The van der Waals surface area contributed by atoms with Gasteiger partial charge in [-0.05, 0) is 41.9 Å². The molecule has 3 N–H and O–H groups in total. The van der Waals surface area contributed by atoms with Crippen LogP contribution < -0.4 is 10.6 Å². The maximum Gasteiger partial charge on any atom is 0.320 e. The van der Waals surface area contributed by atoms with E-state index in [1.54, 1.807) is 0 Å². The van der Waals surface area contributed by atoms with Gasteiger partial charge in [-0.1, -0.05) is 32.9 Å². The van der Waals surface area contributed by atoms with Crippen LogP contribution in [0.3, 0.4) is 0 Å². The topological polar surface area (TPSA) is 78.4 Å². The minimum absolute atomic E-state index is 0.0523. The number of carbonyl (C=O) groups is 2. The largest absolute Gasteiger partial charge is 0.480 e. The summed E-state index contributed by atoms with van der Waals surface area (Å²) in [5, 5.41) is 15.3. The minimum Gasteiger partial charge on any atom is -0.480 e. The molecule has 1 unspecified atom stereocenters. The summed E-state index contributed by atoms with van der Waals surface area (Å²) in [6.45, 7) is 6.86. The van der Waals surface area contributed by atoms with Crippen molar-refractivity contribution in [2.24, 2.45) is 5.41 Å². The Hall–Kier alpha value is -1.88. The molecule has 0 spiro atoms. The van der Waals surface area contributed by atoms with Gasteiger partial charge in [0.2, 0.25) is 5.91 Å². The van der Waals surface area contributed by atoms with E-state index in [0.717, 1.165) is 29.7 Å². The highest BCUT2D eigenvalue weighted by molar-refractivity contribution is 5.93. The highest BCUT2D eigenvalue weighted by Gasteiger charge is 2.21. The van der Waals surface area contributed by atoms with E-state index >= 15 is 0 Å². The van der Waals surface area contributed by atoms with Crippen molar-refractivity contribution < 1.29 is 14.7 Å². The highest BCUT2D eigenvalue weighted by atomic mass is 16.4. The number of hydrogen-bond donors (Lipinski definition) is 3. The van der Waals surface area contributed by atoms with Crippen LogP contribution in [0.15, 0.2) is 18.2 Å². The number of aliphatic carboxylic acids is 1. The average Bonchev–Trinajstić information content (AvgIpc) is 2.45. The number of carbonyl (C=O) groups excluding carboxylic acids is 1. The minimum atomic E-state index is -0.806. The molecule has 2 rings (SSSR count). The van der Waals surface area contributed by atoms with Gasteiger partial charge in [0, 0.05) is 18.7 Å². The number of benzene rings is 1. The molecular weight excluding hydrogens is 292 g/mol. The Kier molecular flexibility index (Phi) is 5.42. The van der Waals surface area contributed by atoms with Gasteiger partial charge in [-0.25, -0.2) is 0 Å². The first kappa shape index (κ1) is 17.5. The molecular formula is C18H26N2O3. The van der Waals surface area contributed by atoms with Gasteiger partial charge in [0.15, 0.2) is 0 Å². The predicted octanol–water partition coefficient (Wildman–Crippen LogP) is 2.94. The second kappa shape index (κ2) is 7.13. The number of amides is 1. The van der Waals surface area contributed by atoms with Gasteiger partial charge < -0.3 is 15.7 Å². The molecule has 1 aliphatic rings. The molecule has 0 aliphatic carbocycles. The SMILES string of the molecule is CC(C)(C)CCC(NCc1ccc2c(c1)CCC(=O)N2)C(=O)O. The smallest absolute Gasteiger partial charge is 0.320 e. The maximum absolute atomic E-state index is 11.4. The molecule has 1 amide bonds. The Morgan fingerprint density at radius 2 is 2.09 bits per heavy atom. The zero-order valence-corrected chi connectivity index (χ0v) is 14.1. The van der Waals surface area contributed by atoms with Crippen molar-refractivity contribution in [3.63, 3.8) is 0 Å². The summed E-state index contributed by atoms with van der Waals surface area (Å²) in [7, 11) is 0. The van der Waals surface area contributed by atoms with E-state index in [-0.39, 0.29) is 11.3 Å². The lowest BCUT2D eigenvalue weighted by Crippen LogP contribution is -2.37. The normalized spacial score (nSPS) is 15.7. The molecule has 1 heterocycles. The van der Waals surface area contributed by atoms with Crippen LogP contribution in [-0.2, 0) is 22.6 Å². The van der Waals surface area contributed by atoms with E-state index in [1.165, 1.54) is 0 Å². The number of fused-ring (bicyclic) bond motifs is 1. The lowest BCUT2D eigenvalue weighted by molar-refractivity contribution is -0.139. The fourth-order valence-electron chi connectivity index (χ4n) is 2.68. The van der Waals surface area contributed by atoms with Crippen molar-refractivity contribution in [3.8, 4) is 0 Å². The standard InChI is InChI=1S/C18H26N2O3/c1-18(2,3)9-8-15(17(22)23)19-11-12-4-6-14-13(10-12)5-7-16(21)20-14/h4,6,10,15,19H,5,7-9,11H2,1-3H3,(H,20,21)(H,22,23). The first-order chi connectivity index (χ1) is 10.7. The fraction of sp³-hybridized carbons (Fsp3) is 0.556. The lowest BCUT2D eigenvalue weighted by atomic mass is 9.88. The summed E-state index contributed by atoms with van der Waals surface area (Å²) >= 11 is 0. The Balaban J connectivity index is 1.95. The Morgan fingerprint density at radius 3 is 2.74 bits per heavy atom. The van der Waals surface area contributed by atoms with Crippen molar-refractivity contribution in [2.75, 3.05) is 5.32 Å². The van der Waals surface area contributed by atoms with E-state index < -0.39 is 12.0 Å². The van der Waals surface area contributed by atoms with Crippen molar-refractivity contribution in [1.29, 1.82) is 0 Å². The molecule has 0 aromatic heterocycles. The van der Waals surface area contributed by atoms with E-state index in [4.69, 9.17) is 0 Å². The fourth-order valence-corrected chi connectivity index (χ4v) is 2.68. The van der Waals surface area contributed by atoms with Crippen LogP contribution in [0.1, 0.15) is 51.2 Å². The van der Waals surface area contributed by atoms with Gasteiger partial charge in [0.25, 0.3) is 0 Å². The monoisotopic (exact) mass is 318 g/mol. The molecule has 0 fully saturated rings. The molecule has 0 bridgehead atoms. The zero-order chi connectivity index (χ0) is 17.0. The number of hydrogen-bond acceptors (Lipinski definition) is 3. The van der Waals surface area contributed by atoms with Gasteiger partial charge >= 0.3 is 5.97 Å². The second-order valence-corrected chi connectivity index (χ2v) is 7.41. The van der Waals surface area contributed by atoms with Gasteiger partial charge in [0.05, 0.1) is 0 Å². The summed E-state index contributed by atoms with van der Waals surface area (Å²) in [4.78, 5) is 22.8. The molecule has 1 aromatic rings. The van der Waals surface area contributed by atoms with Crippen LogP contribution >= 0.6 is 0 Å². The molecule has 0 radical (unpaired) electrons. The Labute approximate surface area is 137 Å². The summed E-state index contributed by atoms with van der Waals surface area (Å²) < 4.78 is 0. The van der Waals surface area contributed by atoms with Crippen LogP contribution in [-0.4, -0.2) is 23.0 Å². The Morgan fingerprint density at radius 1 is 1.35 bits per heavy atom. The summed E-state index contributed by atoms with van der Waals surface area (Å²) in [6, 6.07) is 5.34. The van der Waals surface area contributed by atoms with Gasteiger partial charge in [0.1, 0.15) is 6.04 Å². The van der Waals surface area contributed by atoms with E-state index in [0.29, 0.717) is 19.4 Å². The molecule has 1 aromatic carbocycles. The van der Waals surface area contributed by atoms with Crippen LogP contribution in [0.4, 0.5) is 5.69 Å². The number of aryl methyl sites for hydroxylation is 1. The van der Waals surface area contributed by atoms with Crippen LogP contribution in [0.25, 0.3) is 0 Å². The van der Waals surface area contributed by atoms with Gasteiger partial charge in [-0.2, -0.15) is 0 Å². The summed E-state index contributed by atoms with van der Waals surface area (Å²) in [6.07, 6.45) is 2.71. The molecule has 0 saturated carbocycles. The summed E-state index contributed by atoms with van der Waals surface area (Å²) in [5.74, 6) is -0.754. The number of nitrogens with one attached hydrogen (secondary N) is 2. The quantitative estimate of drug-likeness (QED) is 0.753. The number of rotatable bonds is 6. The molecule has 126 valence electrons. The van der Waals surface area contributed by atoms with Crippen LogP contribution in [0, 0.1) is 5.41 Å². The van der Waals surface area contributed by atoms with Crippen LogP contribution in [0.2, 0.25) is 0 Å². The molecule has 0 saturated heterocycles. The van der Waals surface area contributed by atoms with Crippen molar-refractivity contribution in [3.05, 3.63) is 29.3 Å². The number of carboxylic acid groups (broad SMARTS) is 1. The third kappa shape index (κ3) is 5.36. The average molecular weight is 318 g/mol. The molecule has 1 atom stereocenters. The third-order valence-corrected chi connectivity index (χ3v) is 4.10. The molecule has 1 aliphatic heterocycles. The van der Waals surface area contributed by atoms with Crippen molar-refractivity contribution >= 4 is 17.6 Å². The number of anilines is 1. The Bertz CT molecular complexity index is 590. The van der Waals surface area contributed by atoms with Gasteiger partial charge in [-0.3, -0.25) is 9.59 Å². The second-order valence-electron chi connectivity index (χ2n) is 7.41. The molecule has 5 nitrogen and oxygen atoms in total. The summed E-state index contributed by atoms with van der Waals surface area (Å²) in [5.41, 5.74) is 3.15. The first-order valence-corrected chi connectivity index (χ1v) is 8.12. The third-order valence-electron chi connectivity index (χ3n) is 4.10. The molecule has 5 heteroatoms. The number of carboxylic acids is 1. The van der Waals surface area contributed by atoms with Crippen molar-refractivity contribution in [1.82, 2.24) is 5.32 Å². The van der Waals surface area contributed by atoms with Crippen molar-refractivity contribution in [2.45, 2.75) is 59.0 Å². The zero-order valence-electron chi connectivity index (χ0n) is 14.1. The highest BCUT2D eigenvalue weighted by Crippen LogP contribution is 2.24. The molecule has 23 heavy (non-hydrogen) atoms. The predicted molar refractivity (Wildman–Crippen MR) is 90.3 cm³/mol. The van der Waals surface area contributed by atoms with E-state index in [1.807, 2.05) is 18.2 Å². The van der Waals surface area contributed by atoms with Gasteiger partial charge in [-0.15, -0.1) is 0 Å². The van der Waals surface area contributed by atoms with E-state index in [2.05, 4.69) is 31.4 Å². The maximum atomic E-state index is 11.4. The lowest BCUT2D eigenvalue weighted by Gasteiger charge is -2.22.